The van der Waals surface area contributed by atoms with Gasteiger partial charge in [0.2, 0.25) is 11.5 Å². The zero-order chi connectivity index (χ0) is 49.3. The molecule has 0 aliphatic carbocycles. The number of hydrogen-bond donors (Lipinski definition) is 3. The topological polar surface area (TPSA) is 178 Å². The Balaban J connectivity index is 1.15. The Kier molecular flexibility index (Phi) is 15.3. The molecule has 2 aliphatic heterocycles. The summed E-state index contributed by atoms with van der Waals surface area (Å²) in [5.74, 6) is -2.16. The third kappa shape index (κ3) is 11.2. The van der Waals surface area contributed by atoms with E-state index in [1.807, 2.05) is 152 Å². The second-order valence-electron chi connectivity index (χ2n) is 16.8. The average molecular weight is 993 g/mol. The number of fused-ring (bicyclic) bond motifs is 1. The van der Waals surface area contributed by atoms with Gasteiger partial charge in [-0.05, 0) is 37.3 Å². The molecule has 14 nitrogen and oxygen atoms in total. The van der Waals surface area contributed by atoms with Gasteiger partial charge >= 0.3 is 12.1 Å². The monoisotopic (exact) mass is 992 g/mol. The Morgan fingerprint density at radius 1 is 0.800 bits per heavy atom. The van der Waals surface area contributed by atoms with Crippen molar-refractivity contribution in [3.63, 3.8) is 0 Å². The Bertz CT molecular complexity index is 2790. The highest BCUT2D eigenvalue weighted by atomic mass is 32.2. The molecule has 1 saturated heterocycles. The highest BCUT2D eigenvalue weighted by Crippen LogP contribution is 2.45. The second-order valence-corrected chi connectivity index (χ2v) is 19.8. The van der Waals surface area contributed by atoms with Crippen molar-refractivity contribution < 1.29 is 38.3 Å². The van der Waals surface area contributed by atoms with E-state index in [0.29, 0.717) is 21.6 Å². The van der Waals surface area contributed by atoms with Crippen LogP contribution >= 0.6 is 34.9 Å². The number of thioether (sulfide) groups is 2. The Morgan fingerprint density at radius 3 is 1.84 bits per heavy atom. The molecule has 0 saturated carbocycles. The standard InChI is InChI=1S/C53H48N6O8S3/c1-34(60)54-30-31-68-41-33-69-48-43(47(62)59(48)44(41)49(63)65-45(35-20-10-5-11-21-35)36-22-12-6-13-23-36)56-46(61)42(40-32-70-50(55-40)57-51(64)66-52(2,3)4)58-67-53(37-24-14-7-15-25-37,38-26-16-8-17-27-38)39-28-18-9-19-29-39/h5-32,43,45,48H,33H2,1-4H3,(H,54,60)(H,56,61)(H,55,57,64)/b31-30-,58-42-/t43?,48-/m1/s1. The molecule has 1 aromatic heterocycles. The normalized spacial score (nSPS) is 16.0. The number of benzene rings is 5. The van der Waals surface area contributed by atoms with Crippen LogP contribution in [-0.4, -0.2) is 68.1 Å². The van der Waals surface area contributed by atoms with Gasteiger partial charge in [0.15, 0.2) is 16.9 Å². The number of aromatic nitrogens is 1. The minimum atomic E-state index is -1.40. The summed E-state index contributed by atoms with van der Waals surface area (Å²) in [4.78, 5) is 81.7. The largest absolute Gasteiger partial charge is 0.448 e. The number of β-lactam (4-membered cyclic amide) rings is 1. The Morgan fingerprint density at radius 2 is 1.33 bits per heavy atom. The van der Waals surface area contributed by atoms with Gasteiger partial charge in [-0.25, -0.2) is 14.6 Å². The van der Waals surface area contributed by atoms with E-state index < -0.39 is 52.6 Å². The van der Waals surface area contributed by atoms with Crippen molar-refractivity contribution in [2.24, 2.45) is 5.16 Å². The molecule has 1 fully saturated rings. The van der Waals surface area contributed by atoms with Crippen LogP contribution in [0.3, 0.4) is 0 Å². The number of carbonyl (C=O) groups is 5. The summed E-state index contributed by atoms with van der Waals surface area (Å²) < 4.78 is 11.8. The molecular weight excluding hydrogens is 945 g/mol. The van der Waals surface area contributed by atoms with Crippen molar-refractivity contribution in [2.75, 3.05) is 11.1 Å². The summed E-state index contributed by atoms with van der Waals surface area (Å²) in [6.07, 6.45) is -0.109. The number of carbonyl (C=O) groups excluding carboxylic acids is 5. The van der Waals surface area contributed by atoms with Crippen LogP contribution in [0.25, 0.3) is 0 Å². The summed E-state index contributed by atoms with van der Waals surface area (Å²) in [6, 6.07) is 45.8. The van der Waals surface area contributed by atoms with Crippen LogP contribution in [-0.2, 0) is 39.1 Å². The third-order valence-electron chi connectivity index (χ3n) is 10.8. The number of nitrogens with zero attached hydrogens (tertiary/aromatic N) is 3. The first-order valence-electron chi connectivity index (χ1n) is 22.1. The molecule has 0 spiro atoms. The first-order chi connectivity index (χ1) is 33.8. The van der Waals surface area contributed by atoms with Crippen LogP contribution in [0.15, 0.2) is 184 Å². The maximum absolute atomic E-state index is 14.9. The summed E-state index contributed by atoms with van der Waals surface area (Å²) >= 11 is 3.54. The molecule has 1 unspecified atom stereocenters. The van der Waals surface area contributed by atoms with Gasteiger partial charge in [0.1, 0.15) is 28.4 Å². The van der Waals surface area contributed by atoms with E-state index in [-0.39, 0.29) is 33.9 Å². The van der Waals surface area contributed by atoms with E-state index >= 15 is 0 Å². The molecule has 4 amide bonds. The van der Waals surface area contributed by atoms with Crippen LogP contribution < -0.4 is 16.0 Å². The van der Waals surface area contributed by atoms with E-state index in [1.54, 1.807) is 31.6 Å². The Hall–Kier alpha value is -7.47. The SMILES string of the molecule is CC(=O)N/C=C\SC1=C(C(=O)OC(c2ccccc2)c2ccccc2)N2C(=O)C(NC(=O)/C(=N\OC(c3ccccc3)(c3ccccc3)c3ccccc3)c3csc(NC(=O)OC(C)(C)C)n3)[C@H]2SC1. The highest BCUT2D eigenvalue weighted by molar-refractivity contribution is 8.08. The van der Waals surface area contributed by atoms with Gasteiger partial charge in [0, 0.05) is 45.9 Å². The number of anilines is 1. The minimum absolute atomic E-state index is 0.0153. The zero-order valence-electron chi connectivity index (χ0n) is 38.4. The summed E-state index contributed by atoms with van der Waals surface area (Å²) in [5, 5.41) is 15.3. The minimum Gasteiger partial charge on any atom is -0.448 e. The van der Waals surface area contributed by atoms with Crippen LogP contribution in [0.2, 0.25) is 0 Å². The van der Waals surface area contributed by atoms with Crippen molar-refractivity contribution >= 4 is 75.5 Å². The smallest absolute Gasteiger partial charge is 0.413 e. The van der Waals surface area contributed by atoms with Gasteiger partial charge in [0.25, 0.3) is 11.8 Å². The van der Waals surface area contributed by atoms with Crippen molar-refractivity contribution in [1.82, 2.24) is 20.5 Å². The van der Waals surface area contributed by atoms with Crippen molar-refractivity contribution in [3.8, 4) is 0 Å². The van der Waals surface area contributed by atoms with Crippen molar-refractivity contribution in [1.29, 1.82) is 0 Å². The van der Waals surface area contributed by atoms with Crippen LogP contribution in [0.5, 0.6) is 0 Å². The van der Waals surface area contributed by atoms with Gasteiger partial charge in [-0.15, -0.1) is 23.1 Å². The molecule has 70 heavy (non-hydrogen) atoms. The molecule has 5 aromatic carbocycles. The second kappa shape index (κ2) is 21.9. The molecule has 0 bridgehead atoms. The number of rotatable bonds is 16. The maximum atomic E-state index is 14.9. The number of thiazole rings is 1. The van der Waals surface area contributed by atoms with Gasteiger partial charge in [-0.2, -0.15) is 0 Å². The van der Waals surface area contributed by atoms with Crippen LogP contribution in [0, 0.1) is 0 Å². The molecular formula is C53H48N6O8S3. The molecule has 17 heteroatoms. The highest BCUT2D eigenvalue weighted by Gasteiger charge is 2.55. The quantitative estimate of drug-likeness (QED) is 0.0277. The van der Waals surface area contributed by atoms with E-state index in [1.165, 1.54) is 41.5 Å². The van der Waals surface area contributed by atoms with E-state index in [4.69, 9.17) is 14.3 Å². The number of nitrogens with one attached hydrogen (secondary N) is 3. The Labute approximate surface area is 417 Å². The number of amides is 4. The van der Waals surface area contributed by atoms with Crippen LogP contribution in [0.1, 0.15) is 67.3 Å². The molecule has 0 radical (unpaired) electrons. The van der Waals surface area contributed by atoms with Crippen molar-refractivity contribution in [3.05, 3.63) is 213 Å². The lowest BCUT2D eigenvalue weighted by Gasteiger charge is -2.49. The first kappa shape index (κ1) is 49.0. The fourth-order valence-electron chi connectivity index (χ4n) is 7.72. The lowest BCUT2D eigenvalue weighted by Crippen LogP contribution is -2.71. The van der Waals surface area contributed by atoms with Crippen LogP contribution in [0.4, 0.5) is 9.93 Å². The molecule has 6 aromatic rings. The molecule has 3 heterocycles. The summed E-state index contributed by atoms with van der Waals surface area (Å²) in [5.41, 5.74) is 1.14. The van der Waals surface area contributed by atoms with Gasteiger partial charge < -0.3 is 24.9 Å². The molecule has 3 N–H and O–H groups in total. The lowest BCUT2D eigenvalue weighted by molar-refractivity contribution is -0.154. The number of oxime groups is 1. The summed E-state index contributed by atoms with van der Waals surface area (Å²) in [6.45, 7) is 6.58. The van der Waals surface area contributed by atoms with Gasteiger partial charge in [0.05, 0.1) is 0 Å². The fraction of sp³-hybridized carbons (Fsp3) is 0.189. The zero-order valence-corrected chi connectivity index (χ0v) is 40.9. The average Bonchev–Trinajstić information content (AvgIpc) is 3.82. The number of esters is 1. The maximum Gasteiger partial charge on any atom is 0.413 e. The molecule has 2 aliphatic rings. The fourth-order valence-corrected chi connectivity index (χ4v) is 10.7. The molecule has 2 atom stereocenters. The summed E-state index contributed by atoms with van der Waals surface area (Å²) in [7, 11) is 0. The number of ether oxygens (including phenoxy) is 2. The predicted molar refractivity (Wildman–Crippen MR) is 272 cm³/mol. The van der Waals surface area contributed by atoms with Crippen molar-refractivity contribution in [2.45, 2.75) is 56.4 Å². The van der Waals surface area contributed by atoms with Gasteiger partial charge in [-0.3, -0.25) is 24.6 Å². The van der Waals surface area contributed by atoms with E-state index in [9.17, 15) is 24.0 Å². The van der Waals surface area contributed by atoms with E-state index in [0.717, 1.165) is 22.5 Å². The third-order valence-corrected chi connectivity index (χ3v) is 13.9. The molecule has 356 valence electrons. The lowest BCUT2D eigenvalue weighted by atomic mass is 9.80. The first-order valence-corrected chi connectivity index (χ1v) is 24.9. The predicted octanol–water partition coefficient (Wildman–Crippen LogP) is 9.49. The number of hydrogen-bond acceptors (Lipinski definition) is 13. The molecule has 8 rings (SSSR count). The van der Waals surface area contributed by atoms with Gasteiger partial charge in [-0.1, -0.05) is 169 Å². The van der Waals surface area contributed by atoms with E-state index in [2.05, 4.69) is 26.1 Å².